The van der Waals surface area contributed by atoms with Crippen molar-refractivity contribution in [3.8, 4) is 0 Å². The fraction of sp³-hybridized carbons (Fsp3) is 0.500. The smallest absolute Gasteiger partial charge is 0.399 e. The van der Waals surface area contributed by atoms with Gasteiger partial charge in [-0.05, 0) is 30.7 Å². The number of rotatable bonds is 5. The molecule has 18 heavy (non-hydrogen) atoms. The van der Waals surface area contributed by atoms with Crippen LogP contribution in [0.1, 0.15) is 18.9 Å². The summed E-state index contributed by atoms with van der Waals surface area (Å²) in [6.07, 6.45) is -3.54. The van der Waals surface area contributed by atoms with Gasteiger partial charge in [-0.25, -0.2) is 0 Å². The molecule has 0 bridgehead atoms. The number of nitrogens with two attached hydrogens (primary N) is 1. The van der Waals surface area contributed by atoms with E-state index in [0.717, 1.165) is 0 Å². The minimum atomic E-state index is -4.20. The third-order valence-electron chi connectivity index (χ3n) is 2.41. The van der Waals surface area contributed by atoms with E-state index in [9.17, 15) is 13.2 Å². The fourth-order valence-electron chi connectivity index (χ4n) is 1.72. The number of nitrogens with zero attached hydrogens (tertiary/aromatic N) is 1. The number of benzene rings is 1. The van der Waals surface area contributed by atoms with E-state index < -0.39 is 12.7 Å². The molecule has 102 valence electrons. The SMILES string of the molecule is CCCN(Cc1ccc(N)cc1Cl)CC(F)(F)F. The molecule has 0 amide bonds. The van der Waals surface area contributed by atoms with E-state index in [2.05, 4.69) is 0 Å². The van der Waals surface area contributed by atoms with E-state index in [0.29, 0.717) is 29.2 Å². The van der Waals surface area contributed by atoms with E-state index >= 15 is 0 Å². The van der Waals surface area contributed by atoms with E-state index in [1.807, 2.05) is 6.92 Å². The highest BCUT2D eigenvalue weighted by molar-refractivity contribution is 6.31. The molecule has 1 aromatic rings. The maximum atomic E-state index is 12.4. The van der Waals surface area contributed by atoms with Crippen molar-refractivity contribution in [2.24, 2.45) is 0 Å². The second-order valence-corrected chi connectivity index (χ2v) is 4.58. The number of nitrogen functional groups attached to an aromatic ring is 1. The average Bonchev–Trinajstić information content (AvgIpc) is 2.20. The van der Waals surface area contributed by atoms with Crippen LogP contribution in [0.2, 0.25) is 5.02 Å². The van der Waals surface area contributed by atoms with Crippen molar-refractivity contribution in [3.63, 3.8) is 0 Å². The largest absolute Gasteiger partial charge is 0.401 e. The molecule has 0 spiro atoms. The molecular weight excluding hydrogens is 265 g/mol. The molecule has 2 nitrogen and oxygen atoms in total. The Kier molecular flexibility index (Phi) is 5.28. The summed E-state index contributed by atoms with van der Waals surface area (Å²) >= 11 is 5.96. The molecule has 0 aliphatic rings. The quantitative estimate of drug-likeness (QED) is 0.834. The first-order valence-electron chi connectivity index (χ1n) is 5.65. The Morgan fingerprint density at radius 2 is 2.00 bits per heavy atom. The summed E-state index contributed by atoms with van der Waals surface area (Å²) in [6.45, 7) is 1.46. The standard InChI is InChI=1S/C12H16ClF3N2/c1-2-5-18(8-12(14,15)16)7-9-3-4-10(17)6-11(9)13/h3-4,6H,2,5,7-8,17H2,1H3. The van der Waals surface area contributed by atoms with Gasteiger partial charge in [0.2, 0.25) is 0 Å². The van der Waals surface area contributed by atoms with Crippen LogP contribution in [-0.2, 0) is 6.54 Å². The molecule has 0 unspecified atom stereocenters. The lowest BCUT2D eigenvalue weighted by Crippen LogP contribution is -2.34. The third-order valence-corrected chi connectivity index (χ3v) is 2.77. The van der Waals surface area contributed by atoms with Crippen molar-refractivity contribution in [3.05, 3.63) is 28.8 Å². The van der Waals surface area contributed by atoms with Gasteiger partial charge in [0.25, 0.3) is 0 Å². The molecule has 0 aliphatic carbocycles. The van der Waals surface area contributed by atoms with Crippen LogP contribution in [0, 0.1) is 0 Å². The number of alkyl halides is 3. The molecule has 2 N–H and O–H groups in total. The zero-order valence-corrected chi connectivity index (χ0v) is 10.9. The monoisotopic (exact) mass is 280 g/mol. The van der Waals surface area contributed by atoms with Crippen molar-refractivity contribution < 1.29 is 13.2 Å². The van der Waals surface area contributed by atoms with Gasteiger partial charge in [0.05, 0.1) is 6.54 Å². The van der Waals surface area contributed by atoms with Gasteiger partial charge in [-0.3, -0.25) is 4.90 Å². The number of halogens is 4. The lowest BCUT2D eigenvalue weighted by Gasteiger charge is -2.23. The van der Waals surface area contributed by atoms with Gasteiger partial charge >= 0.3 is 6.18 Å². The summed E-state index contributed by atoms with van der Waals surface area (Å²) in [7, 11) is 0. The number of hydrogen-bond acceptors (Lipinski definition) is 2. The highest BCUT2D eigenvalue weighted by atomic mass is 35.5. The minimum Gasteiger partial charge on any atom is -0.399 e. The van der Waals surface area contributed by atoms with Crippen molar-refractivity contribution in [1.82, 2.24) is 4.90 Å². The van der Waals surface area contributed by atoms with Gasteiger partial charge < -0.3 is 5.73 Å². The Bertz CT molecular complexity index is 393. The van der Waals surface area contributed by atoms with Gasteiger partial charge in [-0.2, -0.15) is 13.2 Å². The van der Waals surface area contributed by atoms with E-state index in [1.54, 1.807) is 18.2 Å². The molecule has 0 radical (unpaired) electrons. The normalized spacial score (nSPS) is 12.1. The summed E-state index contributed by atoms with van der Waals surface area (Å²) in [5, 5.41) is 0.401. The van der Waals surface area contributed by atoms with Gasteiger partial charge in [-0.15, -0.1) is 0 Å². The highest BCUT2D eigenvalue weighted by Crippen LogP contribution is 2.23. The van der Waals surface area contributed by atoms with Crippen LogP contribution in [0.5, 0.6) is 0 Å². The Labute approximate surface area is 110 Å². The predicted molar refractivity (Wildman–Crippen MR) is 67.5 cm³/mol. The van der Waals surface area contributed by atoms with Gasteiger partial charge in [0.1, 0.15) is 0 Å². The van der Waals surface area contributed by atoms with Gasteiger partial charge in [0.15, 0.2) is 0 Å². The molecule has 0 fully saturated rings. The number of anilines is 1. The van der Waals surface area contributed by atoms with Crippen LogP contribution in [0.25, 0.3) is 0 Å². The summed E-state index contributed by atoms with van der Waals surface area (Å²) in [6, 6.07) is 4.85. The fourth-order valence-corrected chi connectivity index (χ4v) is 1.97. The second-order valence-electron chi connectivity index (χ2n) is 4.18. The molecule has 0 heterocycles. The van der Waals surface area contributed by atoms with Gasteiger partial charge in [0, 0.05) is 17.3 Å². The molecule has 0 atom stereocenters. The van der Waals surface area contributed by atoms with E-state index in [1.165, 1.54) is 4.90 Å². The van der Waals surface area contributed by atoms with E-state index in [-0.39, 0.29) is 6.54 Å². The van der Waals surface area contributed by atoms with Crippen molar-refractivity contribution in [1.29, 1.82) is 0 Å². The van der Waals surface area contributed by atoms with Crippen LogP contribution < -0.4 is 5.73 Å². The molecular formula is C12H16ClF3N2. The number of hydrogen-bond donors (Lipinski definition) is 1. The molecule has 1 aromatic carbocycles. The Morgan fingerprint density at radius 1 is 1.33 bits per heavy atom. The first-order valence-corrected chi connectivity index (χ1v) is 6.02. The average molecular weight is 281 g/mol. The zero-order valence-electron chi connectivity index (χ0n) is 10.1. The maximum Gasteiger partial charge on any atom is 0.401 e. The van der Waals surface area contributed by atoms with Gasteiger partial charge in [-0.1, -0.05) is 24.6 Å². The lowest BCUT2D eigenvalue weighted by atomic mass is 10.2. The van der Waals surface area contributed by atoms with Crippen LogP contribution in [0.3, 0.4) is 0 Å². The minimum absolute atomic E-state index is 0.173. The van der Waals surface area contributed by atoms with Crippen molar-refractivity contribution in [2.75, 3.05) is 18.8 Å². The molecule has 0 saturated carbocycles. The van der Waals surface area contributed by atoms with Crippen LogP contribution >= 0.6 is 11.6 Å². The van der Waals surface area contributed by atoms with Crippen LogP contribution in [-0.4, -0.2) is 24.2 Å². The third kappa shape index (κ3) is 5.14. The summed E-state index contributed by atoms with van der Waals surface area (Å²) in [5.41, 5.74) is 6.70. The van der Waals surface area contributed by atoms with E-state index in [4.69, 9.17) is 17.3 Å². The molecule has 1 rings (SSSR count). The topological polar surface area (TPSA) is 29.3 Å². The summed E-state index contributed by atoms with van der Waals surface area (Å²) in [4.78, 5) is 1.33. The highest BCUT2D eigenvalue weighted by Gasteiger charge is 2.30. The molecule has 6 heteroatoms. The van der Waals surface area contributed by atoms with Crippen LogP contribution in [0.15, 0.2) is 18.2 Å². The Hall–Kier alpha value is -0.940. The Morgan fingerprint density at radius 3 is 2.50 bits per heavy atom. The second kappa shape index (κ2) is 6.29. The van der Waals surface area contributed by atoms with Crippen LogP contribution in [0.4, 0.5) is 18.9 Å². The molecule has 0 saturated heterocycles. The Balaban J connectivity index is 2.76. The van der Waals surface area contributed by atoms with Crippen molar-refractivity contribution in [2.45, 2.75) is 26.1 Å². The van der Waals surface area contributed by atoms with Crippen molar-refractivity contribution >= 4 is 17.3 Å². The molecule has 0 aromatic heterocycles. The summed E-state index contributed by atoms with van der Waals surface area (Å²) < 4.78 is 37.2. The predicted octanol–water partition coefficient (Wildman–Crippen LogP) is 3.70. The maximum absolute atomic E-state index is 12.4. The zero-order chi connectivity index (χ0) is 13.8. The summed E-state index contributed by atoms with van der Waals surface area (Å²) in [5.74, 6) is 0. The lowest BCUT2D eigenvalue weighted by molar-refractivity contribution is -0.147. The first-order chi connectivity index (χ1) is 8.31. The first kappa shape index (κ1) is 15.1. The molecule has 0 aliphatic heterocycles.